The van der Waals surface area contributed by atoms with Crippen LogP contribution in [0.1, 0.15) is 31.2 Å². The van der Waals surface area contributed by atoms with Crippen LogP contribution in [0.4, 0.5) is 5.69 Å². The Labute approximate surface area is 199 Å². The quantitative estimate of drug-likeness (QED) is 0.568. The molecule has 2 fully saturated rings. The van der Waals surface area contributed by atoms with E-state index in [-0.39, 0.29) is 46.5 Å². The Morgan fingerprint density at radius 2 is 1.47 bits per heavy atom. The van der Waals surface area contributed by atoms with Gasteiger partial charge in [0.1, 0.15) is 22.1 Å². The third-order valence-corrected chi connectivity index (χ3v) is 7.80. The molecular weight excluding hydrogens is 460 g/mol. The van der Waals surface area contributed by atoms with Crippen LogP contribution in [0.5, 0.6) is 17.2 Å². The first-order valence-electron chi connectivity index (χ1n) is 11.1. The van der Waals surface area contributed by atoms with E-state index in [0.29, 0.717) is 17.1 Å². The van der Waals surface area contributed by atoms with Gasteiger partial charge in [0.25, 0.3) is 10.0 Å². The SMILES string of the molecule is COc1cc(NS(=O)(=O)c2cc(CN3C(=O)[C@H]4CCCC[C@@H]4C3=O)ccc2OC)cc(OC)c1. The Morgan fingerprint density at radius 3 is 2.00 bits per heavy atom. The molecule has 2 aromatic carbocycles. The van der Waals surface area contributed by atoms with Crippen molar-refractivity contribution in [2.75, 3.05) is 26.1 Å². The lowest BCUT2D eigenvalue weighted by Crippen LogP contribution is -2.30. The lowest BCUT2D eigenvalue weighted by Gasteiger charge is -2.19. The number of benzene rings is 2. The summed E-state index contributed by atoms with van der Waals surface area (Å²) in [6, 6.07) is 9.30. The van der Waals surface area contributed by atoms with Gasteiger partial charge in [0.15, 0.2) is 0 Å². The van der Waals surface area contributed by atoms with Crippen LogP contribution in [-0.4, -0.2) is 46.5 Å². The predicted molar refractivity (Wildman–Crippen MR) is 124 cm³/mol. The Morgan fingerprint density at radius 1 is 0.882 bits per heavy atom. The molecule has 0 aromatic heterocycles. The highest BCUT2D eigenvalue weighted by Crippen LogP contribution is 2.39. The van der Waals surface area contributed by atoms with E-state index in [0.717, 1.165) is 25.7 Å². The Balaban J connectivity index is 1.62. The first-order valence-corrected chi connectivity index (χ1v) is 12.5. The number of carbonyl (C=O) groups is 2. The van der Waals surface area contributed by atoms with E-state index in [1.54, 1.807) is 12.1 Å². The van der Waals surface area contributed by atoms with Gasteiger partial charge in [-0.3, -0.25) is 19.2 Å². The van der Waals surface area contributed by atoms with Gasteiger partial charge in [-0.1, -0.05) is 18.9 Å². The lowest BCUT2D eigenvalue weighted by atomic mass is 9.81. The minimum Gasteiger partial charge on any atom is -0.497 e. The number of sulfonamides is 1. The molecule has 2 atom stereocenters. The second-order valence-corrected chi connectivity index (χ2v) is 10.1. The van der Waals surface area contributed by atoms with E-state index in [1.165, 1.54) is 50.5 Å². The third kappa shape index (κ3) is 4.54. The summed E-state index contributed by atoms with van der Waals surface area (Å²) in [5, 5.41) is 0. The molecular formula is C24H28N2O7S. The fourth-order valence-electron chi connectivity index (χ4n) is 4.68. The van der Waals surface area contributed by atoms with Gasteiger partial charge in [-0.25, -0.2) is 8.42 Å². The second-order valence-electron chi connectivity index (χ2n) is 8.45. The molecule has 2 amide bonds. The highest BCUT2D eigenvalue weighted by molar-refractivity contribution is 7.92. The Hall–Kier alpha value is -3.27. The molecule has 1 heterocycles. The number of nitrogens with zero attached hydrogens (tertiary/aromatic N) is 1. The number of rotatable bonds is 8. The molecule has 1 aliphatic carbocycles. The van der Waals surface area contributed by atoms with E-state index in [2.05, 4.69) is 4.72 Å². The van der Waals surface area contributed by atoms with Gasteiger partial charge in [-0.15, -0.1) is 0 Å². The van der Waals surface area contributed by atoms with Crippen LogP contribution in [0.2, 0.25) is 0 Å². The van der Waals surface area contributed by atoms with Crippen molar-refractivity contribution in [1.82, 2.24) is 4.90 Å². The fourth-order valence-corrected chi connectivity index (χ4v) is 5.94. The van der Waals surface area contributed by atoms with Crippen molar-refractivity contribution in [2.45, 2.75) is 37.1 Å². The summed E-state index contributed by atoms with van der Waals surface area (Å²) < 4.78 is 44.8. The number of carbonyl (C=O) groups excluding carboxylic acids is 2. The van der Waals surface area contributed by atoms with Crippen LogP contribution in [-0.2, 0) is 26.2 Å². The number of hydrogen-bond acceptors (Lipinski definition) is 7. The average molecular weight is 489 g/mol. The molecule has 182 valence electrons. The van der Waals surface area contributed by atoms with Gasteiger partial charge in [-0.2, -0.15) is 0 Å². The van der Waals surface area contributed by atoms with E-state index in [1.807, 2.05) is 0 Å². The molecule has 1 saturated carbocycles. The minimum atomic E-state index is -4.08. The molecule has 2 aliphatic rings. The van der Waals surface area contributed by atoms with Crippen molar-refractivity contribution in [3.63, 3.8) is 0 Å². The lowest BCUT2D eigenvalue weighted by molar-refractivity contribution is -0.140. The summed E-state index contributed by atoms with van der Waals surface area (Å²) in [5.74, 6) is 0.127. The maximum Gasteiger partial charge on any atom is 0.265 e. The molecule has 9 nitrogen and oxygen atoms in total. The summed E-state index contributed by atoms with van der Waals surface area (Å²) in [5.41, 5.74) is 0.766. The molecule has 1 saturated heterocycles. The Kier molecular flexibility index (Phi) is 6.70. The summed E-state index contributed by atoms with van der Waals surface area (Å²) in [7, 11) is 0.229. The van der Waals surface area contributed by atoms with Gasteiger partial charge in [0.05, 0.1) is 45.4 Å². The van der Waals surface area contributed by atoms with Gasteiger partial charge >= 0.3 is 0 Å². The smallest absolute Gasteiger partial charge is 0.265 e. The zero-order chi connectivity index (χ0) is 24.5. The van der Waals surface area contributed by atoms with Crippen LogP contribution < -0.4 is 18.9 Å². The highest BCUT2D eigenvalue weighted by Gasteiger charge is 2.47. The first kappa shape index (κ1) is 23.9. The molecule has 0 radical (unpaired) electrons. The maximum absolute atomic E-state index is 13.3. The van der Waals surface area contributed by atoms with Crippen LogP contribution in [0.25, 0.3) is 0 Å². The molecule has 2 aromatic rings. The van der Waals surface area contributed by atoms with Gasteiger partial charge in [0.2, 0.25) is 11.8 Å². The number of likely N-dealkylation sites (tertiary alicyclic amines) is 1. The average Bonchev–Trinajstić information content (AvgIpc) is 3.08. The topological polar surface area (TPSA) is 111 Å². The van der Waals surface area contributed by atoms with Crippen LogP contribution in [0.3, 0.4) is 0 Å². The van der Waals surface area contributed by atoms with Crippen LogP contribution in [0.15, 0.2) is 41.3 Å². The number of methoxy groups -OCH3 is 3. The van der Waals surface area contributed by atoms with E-state index in [9.17, 15) is 18.0 Å². The molecule has 34 heavy (non-hydrogen) atoms. The molecule has 10 heteroatoms. The number of fused-ring (bicyclic) bond motifs is 1. The summed E-state index contributed by atoms with van der Waals surface area (Å²) in [4.78, 5) is 26.9. The second kappa shape index (κ2) is 9.54. The number of amides is 2. The van der Waals surface area contributed by atoms with Gasteiger partial charge < -0.3 is 14.2 Å². The van der Waals surface area contributed by atoms with E-state index in [4.69, 9.17) is 14.2 Å². The number of nitrogens with one attached hydrogen (secondary N) is 1. The molecule has 1 aliphatic heterocycles. The van der Waals surface area contributed by atoms with E-state index >= 15 is 0 Å². The van der Waals surface area contributed by atoms with Crippen molar-refractivity contribution >= 4 is 27.5 Å². The number of imide groups is 1. The molecule has 0 spiro atoms. The van der Waals surface area contributed by atoms with Crippen molar-refractivity contribution in [1.29, 1.82) is 0 Å². The molecule has 4 rings (SSSR count). The Bertz CT molecular complexity index is 1170. The van der Waals surface area contributed by atoms with E-state index < -0.39 is 10.0 Å². The zero-order valence-corrected chi connectivity index (χ0v) is 20.2. The van der Waals surface area contributed by atoms with Crippen LogP contribution in [0, 0.1) is 11.8 Å². The van der Waals surface area contributed by atoms with Crippen LogP contribution >= 0.6 is 0 Å². The number of ether oxygens (including phenoxy) is 3. The standard InChI is InChI=1S/C24H28N2O7S/c1-31-17-11-16(12-18(13-17)32-2)25-34(29,30)22-10-15(8-9-21(22)33-3)14-26-23(27)19-6-4-5-7-20(19)24(26)28/h8-13,19-20,25H,4-7,14H2,1-3H3/t19-,20-/m0/s1. The first-order chi connectivity index (χ1) is 16.3. The maximum atomic E-state index is 13.3. The predicted octanol–water partition coefficient (Wildman–Crippen LogP) is 3.19. The fraction of sp³-hybridized carbons (Fsp3) is 0.417. The highest BCUT2D eigenvalue weighted by atomic mass is 32.2. The van der Waals surface area contributed by atoms with Crippen molar-refractivity contribution in [2.24, 2.45) is 11.8 Å². The molecule has 0 unspecified atom stereocenters. The zero-order valence-electron chi connectivity index (χ0n) is 19.4. The number of anilines is 1. The molecule has 0 bridgehead atoms. The minimum absolute atomic E-state index is 0.0180. The van der Waals surface area contributed by atoms with Gasteiger partial charge in [0, 0.05) is 18.2 Å². The monoisotopic (exact) mass is 488 g/mol. The number of hydrogen-bond donors (Lipinski definition) is 1. The normalized spacial score (nSPS) is 20.1. The van der Waals surface area contributed by atoms with Crippen molar-refractivity contribution in [3.8, 4) is 17.2 Å². The summed E-state index contributed by atoms with van der Waals surface area (Å²) in [6.07, 6.45) is 3.34. The largest absolute Gasteiger partial charge is 0.497 e. The van der Waals surface area contributed by atoms with Crippen molar-refractivity contribution in [3.05, 3.63) is 42.0 Å². The van der Waals surface area contributed by atoms with Gasteiger partial charge in [-0.05, 0) is 30.5 Å². The third-order valence-electron chi connectivity index (χ3n) is 6.39. The summed E-state index contributed by atoms with van der Waals surface area (Å²) >= 11 is 0. The van der Waals surface area contributed by atoms with Crippen molar-refractivity contribution < 1.29 is 32.2 Å². The molecule has 1 N–H and O–H groups in total. The summed E-state index contributed by atoms with van der Waals surface area (Å²) in [6.45, 7) is 0.0180.